The third kappa shape index (κ3) is 3.81. The summed E-state index contributed by atoms with van der Waals surface area (Å²) in [6.07, 6.45) is 4.95. The summed E-state index contributed by atoms with van der Waals surface area (Å²) in [5.74, 6) is 0.845. The number of carbonyl (C=O) groups excluding carboxylic acids is 1. The van der Waals surface area contributed by atoms with Gasteiger partial charge in [0.2, 0.25) is 0 Å². The number of benzene rings is 3. The topological polar surface area (TPSA) is 61.5 Å². The SMILES string of the molecule is CCC(=O)Oc1cc(N)c(OC2CCCC2)c(-c2ccc3ccccc3c2)c1. The predicted octanol–water partition coefficient (Wildman–Crippen LogP) is 5.73. The first-order chi connectivity index (χ1) is 13.6. The highest BCUT2D eigenvalue weighted by atomic mass is 16.5. The molecule has 0 spiro atoms. The first kappa shape index (κ1) is 18.4. The lowest BCUT2D eigenvalue weighted by Gasteiger charge is -2.20. The van der Waals surface area contributed by atoms with Gasteiger partial charge < -0.3 is 15.2 Å². The van der Waals surface area contributed by atoms with Gasteiger partial charge in [0.1, 0.15) is 5.75 Å². The molecular formula is C24H25NO3. The number of fused-ring (bicyclic) bond motifs is 1. The number of esters is 1. The number of hydrogen-bond donors (Lipinski definition) is 1. The van der Waals surface area contributed by atoms with Gasteiger partial charge in [-0.15, -0.1) is 0 Å². The van der Waals surface area contributed by atoms with Gasteiger partial charge in [-0.05, 0) is 54.2 Å². The molecule has 0 aromatic heterocycles. The molecule has 0 heterocycles. The summed E-state index contributed by atoms with van der Waals surface area (Å²) in [6, 6.07) is 18.0. The number of carbonyl (C=O) groups is 1. The van der Waals surface area contributed by atoms with Crippen LogP contribution in [0.4, 0.5) is 5.69 Å². The highest BCUT2D eigenvalue weighted by Crippen LogP contribution is 2.41. The van der Waals surface area contributed by atoms with Crippen LogP contribution in [0.5, 0.6) is 11.5 Å². The summed E-state index contributed by atoms with van der Waals surface area (Å²) in [6.45, 7) is 1.77. The quantitative estimate of drug-likeness (QED) is 0.352. The van der Waals surface area contributed by atoms with Crippen LogP contribution in [0, 0.1) is 0 Å². The lowest BCUT2D eigenvalue weighted by molar-refractivity contribution is -0.134. The third-order valence-corrected chi connectivity index (χ3v) is 5.26. The molecule has 3 aromatic carbocycles. The number of rotatable bonds is 5. The second kappa shape index (κ2) is 7.93. The van der Waals surface area contributed by atoms with Crippen LogP contribution in [0.15, 0.2) is 54.6 Å². The van der Waals surface area contributed by atoms with Crippen LogP contribution >= 0.6 is 0 Å². The minimum absolute atomic E-state index is 0.186. The number of ether oxygens (including phenoxy) is 2. The first-order valence-electron chi connectivity index (χ1n) is 9.94. The van der Waals surface area contributed by atoms with Crippen molar-refractivity contribution in [3.63, 3.8) is 0 Å². The van der Waals surface area contributed by atoms with Gasteiger partial charge >= 0.3 is 5.97 Å². The summed E-state index contributed by atoms with van der Waals surface area (Å²) in [5.41, 5.74) is 8.70. The van der Waals surface area contributed by atoms with Gasteiger partial charge in [0.15, 0.2) is 5.75 Å². The number of nitrogens with two attached hydrogens (primary N) is 1. The van der Waals surface area contributed by atoms with E-state index in [0.29, 0.717) is 23.6 Å². The highest BCUT2D eigenvalue weighted by Gasteiger charge is 2.21. The Morgan fingerprint density at radius 1 is 1.04 bits per heavy atom. The molecule has 4 nitrogen and oxygen atoms in total. The molecule has 0 amide bonds. The zero-order chi connectivity index (χ0) is 19.5. The summed E-state index contributed by atoms with van der Waals surface area (Å²) < 4.78 is 11.8. The van der Waals surface area contributed by atoms with Crippen molar-refractivity contribution in [3.05, 3.63) is 54.6 Å². The Balaban J connectivity index is 1.80. The molecule has 28 heavy (non-hydrogen) atoms. The predicted molar refractivity (Wildman–Crippen MR) is 113 cm³/mol. The number of anilines is 1. The molecule has 0 aliphatic heterocycles. The average Bonchev–Trinajstić information content (AvgIpc) is 3.22. The third-order valence-electron chi connectivity index (χ3n) is 5.26. The van der Waals surface area contributed by atoms with E-state index in [1.165, 1.54) is 18.2 Å². The molecule has 3 aromatic rings. The maximum atomic E-state index is 11.8. The summed E-state index contributed by atoms with van der Waals surface area (Å²) in [7, 11) is 0. The fraction of sp³-hybridized carbons (Fsp3) is 0.292. The first-order valence-corrected chi connectivity index (χ1v) is 9.94. The molecule has 1 aliphatic carbocycles. The van der Waals surface area contributed by atoms with Gasteiger partial charge in [0, 0.05) is 18.1 Å². The van der Waals surface area contributed by atoms with E-state index in [-0.39, 0.29) is 12.1 Å². The van der Waals surface area contributed by atoms with Gasteiger partial charge in [-0.3, -0.25) is 4.79 Å². The minimum Gasteiger partial charge on any atom is -0.488 e. The molecule has 0 radical (unpaired) electrons. The normalized spacial score (nSPS) is 14.3. The van der Waals surface area contributed by atoms with Crippen LogP contribution in [0.1, 0.15) is 39.0 Å². The second-order valence-corrected chi connectivity index (χ2v) is 7.30. The molecule has 1 saturated carbocycles. The van der Waals surface area contributed by atoms with Crippen LogP contribution in [0.25, 0.3) is 21.9 Å². The molecule has 4 heteroatoms. The van der Waals surface area contributed by atoms with E-state index in [1.807, 2.05) is 18.2 Å². The zero-order valence-electron chi connectivity index (χ0n) is 16.1. The summed E-state index contributed by atoms with van der Waals surface area (Å²) in [4.78, 5) is 11.8. The Morgan fingerprint density at radius 3 is 2.54 bits per heavy atom. The summed E-state index contributed by atoms with van der Waals surface area (Å²) in [5, 5.41) is 2.31. The molecule has 1 fully saturated rings. The lowest BCUT2D eigenvalue weighted by atomic mass is 9.99. The monoisotopic (exact) mass is 375 g/mol. The Kier molecular flexibility index (Phi) is 5.20. The molecule has 0 atom stereocenters. The Hall–Kier alpha value is -3.01. The van der Waals surface area contributed by atoms with E-state index in [2.05, 4.69) is 30.3 Å². The number of hydrogen-bond acceptors (Lipinski definition) is 4. The van der Waals surface area contributed by atoms with E-state index in [1.54, 1.807) is 13.0 Å². The van der Waals surface area contributed by atoms with Crippen molar-refractivity contribution >= 4 is 22.4 Å². The van der Waals surface area contributed by atoms with Crippen molar-refractivity contribution in [2.75, 3.05) is 5.73 Å². The fourth-order valence-electron chi connectivity index (χ4n) is 3.76. The largest absolute Gasteiger partial charge is 0.488 e. The molecule has 2 N–H and O–H groups in total. The van der Waals surface area contributed by atoms with Gasteiger partial charge in [-0.25, -0.2) is 0 Å². The van der Waals surface area contributed by atoms with Crippen LogP contribution in [0.3, 0.4) is 0 Å². The Morgan fingerprint density at radius 2 is 1.79 bits per heavy atom. The maximum Gasteiger partial charge on any atom is 0.310 e. The fourth-order valence-corrected chi connectivity index (χ4v) is 3.76. The van der Waals surface area contributed by atoms with E-state index >= 15 is 0 Å². The summed E-state index contributed by atoms with van der Waals surface area (Å²) >= 11 is 0. The van der Waals surface area contributed by atoms with Gasteiger partial charge in [0.25, 0.3) is 0 Å². The molecule has 144 valence electrons. The van der Waals surface area contributed by atoms with Gasteiger partial charge in [-0.2, -0.15) is 0 Å². The molecule has 0 saturated heterocycles. The zero-order valence-corrected chi connectivity index (χ0v) is 16.1. The van der Waals surface area contributed by atoms with Crippen LogP contribution in [-0.2, 0) is 4.79 Å². The van der Waals surface area contributed by atoms with E-state index in [9.17, 15) is 4.79 Å². The Labute approximate surface area is 165 Å². The Bertz CT molecular complexity index is 1010. The van der Waals surface area contributed by atoms with Crippen molar-refractivity contribution < 1.29 is 14.3 Å². The van der Waals surface area contributed by atoms with E-state index < -0.39 is 0 Å². The van der Waals surface area contributed by atoms with Crippen molar-refractivity contribution in [2.45, 2.75) is 45.1 Å². The smallest absolute Gasteiger partial charge is 0.310 e. The van der Waals surface area contributed by atoms with Gasteiger partial charge in [0.05, 0.1) is 11.8 Å². The standard InChI is InChI=1S/C24H25NO3/c1-2-23(26)27-20-14-21(18-12-11-16-7-3-4-8-17(16)13-18)24(22(25)15-20)28-19-9-5-6-10-19/h3-4,7-8,11-15,19H,2,5-6,9-10,25H2,1H3. The molecule has 0 unspecified atom stereocenters. The second-order valence-electron chi connectivity index (χ2n) is 7.30. The molecule has 4 rings (SSSR count). The van der Waals surface area contributed by atoms with E-state index in [4.69, 9.17) is 15.2 Å². The maximum absolute atomic E-state index is 11.8. The van der Waals surface area contributed by atoms with E-state index in [0.717, 1.165) is 29.4 Å². The van der Waals surface area contributed by atoms with Crippen LogP contribution < -0.4 is 15.2 Å². The van der Waals surface area contributed by atoms with Crippen molar-refractivity contribution in [2.24, 2.45) is 0 Å². The average molecular weight is 375 g/mol. The van der Waals surface area contributed by atoms with Crippen molar-refractivity contribution in [3.8, 4) is 22.6 Å². The van der Waals surface area contributed by atoms with Crippen LogP contribution in [-0.4, -0.2) is 12.1 Å². The molecule has 1 aliphatic rings. The minimum atomic E-state index is -0.284. The number of nitrogen functional groups attached to an aromatic ring is 1. The van der Waals surface area contributed by atoms with Gasteiger partial charge in [-0.1, -0.05) is 43.3 Å². The molecule has 0 bridgehead atoms. The van der Waals surface area contributed by atoms with Crippen molar-refractivity contribution in [1.82, 2.24) is 0 Å². The lowest BCUT2D eigenvalue weighted by Crippen LogP contribution is -2.13. The highest BCUT2D eigenvalue weighted by molar-refractivity contribution is 5.90. The van der Waals surface area contributed by atoms with Crippen molar-refractivity contribution in [1.29, 1.82) is 0 Å². The molecular weight excluding hydrogens is 350 g/mol. The van der Waals surface area contributed by atoms with Crippen LogP contribution in [0.2, 0.25) is 0 Å².